The summed E-state index contributed by atoms with van der Waals surface area (Å²) >= 11 is 0. The lowest BCUT2D eigenvalue weighted by molar-refractivity contribution is -0.137. The third-order valence-electron chi connectivity index (χ3n) is 2.89. The summed E-state index contributed by atoms with van der Waals surface area (Å²) in [5.74, 6) is 0. The van der Waals surface area contributed by atoms with E-state index >= 15 is 0 Å². The first-order valence-corrected chi connectivity index (χ1v) is 5.66. The Bertz CT molecular complexity index is 353. The average Bonchev–Trinajstić information content (AvgIpc) is 2.30. The van der Waals surface area contributed by atoms with Gasteiger partial charge in [-0.2, -0.15) is 13.2 Å². The summed E-state index contributed by atoms with van der Waals surface area (Å²) in [5, 5.41) is 6.58. The first-order chi connectivity index (χ1) is 8.05. The Morgan fingerprint density at radius 2 is 1.82 bits per heavy atom. The van der Waals surface area contributed by atoms with Crippen molar-refractivity contribution < 1.29 is 13.2 Å². The third-order valence-corrected chi connectivity index (χ3v) is 2.89. The van der Waals surface area contributed by atoms with E-state index < -0.39 is 11.7 Å². The summed E-state index contributed by atoms with van der Waals surface area (Å²) in [6.07, 6.45) is -3.49. The van der Waals surface area contributed by atoms with E-state index in [1.165, 1.54) is 0 Å². The van der Waals surface area contributed by atoms with Crippen LogP contribution < -0.4 is 10.6 Å². The Balaban J connectivity index is 1.98. The van der Waals surface area contributed by atoms with Gasteiger partial charge in [0.05, 0.1) is 5.56 Å². The summed E-state index contributed by atoms with van der Waals surface area (Å²) in [4.78, 5) is 0. The summed E-state index contributed by atoms with van der Waals surface area (Å²) in [6.45, 7) is 2.72. The minimum absolute atomic E-state index is 0.306. The molecule has 0 unspecified atom stereocenters. The van der Waals surface area contributed by atoms with Crippen LogP contribution in [0.4, 0.5) is 13.2 Å². The Kier molecular flexibility index (Phi) is 3.69. The maximum atomic E-state index is 12.4. The standard InChI is InChI=1S/C12H15F3N2/c13-12(14,15)10-3-1-9(2-4-10)7-11-8-16-5-6-17-11/h1-4,11,16-17H,5-8H2/t11-/m0/s1. The highest BCUT2D eigenvalue weighted by molar-refractivity contribution is 5.25. The summed E-state index contributed by atoms with van der Waals surface area (Å²) in [6, 6.07) is 5.70. The fourth-order valence-electron chi connectivity index (χ4n) is 1.97. The molecule has 1 heterocycles. The third kappa shape index (κ3) is 3.44. The Morgan fingerprint density at radius 1 is 1.12 bits per heavy atom. The van der Waals surface area contributed by atoms with Crippen molar-refractivity contribution >= 4 is 0 Å². The molecular weight excluding hydrogens is 229 g/mol. The van der Waals surface area contributed by atoms with E-state index in [9.17, 15) is 13.2 Å². The van der Waals surface area contributed by atoms with Gasteiger partial charge in [0.2, 0.25) is 0 Å². The molecule has 1 aliphatic rings. The van der Waals surface area contributed by atoms with Crippen molar-refractivity contribution in [3.05, 3.63) is 35.4 Å². The molecule has 0 aromatic heterocycles. The van der Waals surface area contributed by atoms with Crippen LogP contribution in [0.25, 0.3) is 0 Å². The van der Waals surface area contributed by atoms with Crippen molar-refractivity contribution in [2.24, 2.45) is 0 Å². The fraction of sp³-hybridized carbons (Fsp3) is 0.500. The average molecular weight is 244 g/mol. The highest BCUT2D eigenvalue weighted by Gasteiger charge is 2.29. The number of piperazine rings is 1. The zero-order valence-electron chi connectivity index (χ0n) is 9.35. The molecule has 0 radical (unpaired) electrons. The zero-order valence-corrected chi connectivity index (χ0v) is 9.35. The number of hydrogen-bond donors (Lipinski definition) is 2. The number of hydrogen-bond acceptors (Lipinski definition) is 2. The molecule has 17 heavy (non-hydrogen) atoms. The number of alkyl halides is 3. The van der Waals surface area contributed by atoms with Gasteiger partial charge in [-0.05, 0) is 24.1 Å². The molecule has 1 fully saturated rings. The van der Waals surface area contributed by atoms with E-state index in [-0.39, 0.29) is 0 Å². The van der Waals surface area contributed by atoms with Crippen molar-refractivity contribution in [2.45, 2.75) is 18.6 Å². The van der Waals surface area contributed by atoms with E-state index in [0.29, 0.717) is 6.04 Å². The second-order valence-corrected chi connectivity index (χ2v) is 4.25. The molecule has 94 valence electrons. The van der Waals surface area contributed by atoms with Crippen molar-refractivity contribution in [3.8, 4) is 0 Å². The predicted octanol–water partition coefficient (Wildman–Crippen LogP) is 1.81. The Labute approximate surface area is 98.2 Å². The first kappa shape index (κ1) is 12.4. The fourth-order valence-corrected chi connectivity index (χ4v) is 1.97. The van der Waals surface area contributed by atoms with Crippen LogP contribution >= 0.6 is 0 Å². The van der Waals surface area contributed by atoms with E-state index in [0.717, 1.165) is 43.8 Å². The summed E-state index contributed by atoms with van der Waals surface area (Å²) < 4.78 is 37.1. The molecule has 1 atom stereocenters. The lowest BCUT2D eigenvalue weighted by Crippen LogP contribution is -2.49. The Hall–Kier alpha value is -1.07. The van der Waals surface area contributed by atoms with Gasteiger partial charge in [0.25, 0.3) is 0 Å². The van der Waals surface area contributed by atoms with Crippen molar-refractivity contribution in [2.75, 3.05) is 19.6 Å². The molecule has 5 heteroatoms. The quantitative estimate of drug-likeness (QED) is 0.829. The lowest BCUT2D eigenvalue weighted by Gasteiger charge is -2.24. The van der Waals surface area contributed by atoms with E-state index in [2.05, 4.69) is 10.6 Å². The number of halogens is 3. The van der Waals surface area contributed by atoms with Crippen LogP contribution in [0.15, 0.2) is 24.3 Å². The zero-order chi connectivity index (χ0) is 12.3. The molecule has 1 aromatic rings. The molecular formula is C12H15F3N2. The lowest BCUT2D eigenvalue weighted by atomic mass is 10.0. The molecule has 1 saturated heterocycles. The van der Waals surface area contributed by atoms with Crippen molar-refractivity contribution in [1.29, 1.82) is 0 Å². The molecule has 0 saturated carbocycles. The Morgan fingerprint density at radius 3 is 2.35 bits per heavy atom. The van der Waals surface area contributed by atoms with Crippen LogP contribution in [-0.4, -0.2) is 25.7 Å². The van der Waals surface area contributed by atoms with Gasteiger partial charge in [0.15, 0.2) is 0 Å². The number of benzene rings is 1. The van der Waals surface area contributed by atoms with Gasteiger partial charge in [-0.3, -0.25) is 0 Å². The minimum atomic E-state index is -4.25. The number of nitrogens with one attached hydrogen (secondary N) is 2. The van der Waals surface area contributed by atoms with Crippen LogP contribution in [0.2, 0.25) is 0 Å². The second-order valence-electron chi connectivity index (χ2n) is 4.25. The van der Waals surface area contributed by atoms with Gasteiger partial charge in [-0.15, -0.1) is 0 Å². The summed E-state index contributed by atoms with van der Waals surface area (Å²) in [5.41, 5.74) is 0.343. The predicted molar refractivity (Wildman–Crippen MR) is 59.8 cm³/mol. The highest BCUT2D eigenvalue weighted by atomic mass is 19.4. The van der Waals surface area contributed by atoms with Gasteiger partial charge in [-0.25, -0.2) is 0 Å². The molecule has 2 rings (SSSR count). The smallest absolute Gasteiger partial charge is 0.314 e. The van der Waals surface area contributed by atoms with Crippen LogP contribution in [0.5, 0.6) is 0 Å². The van der Waals surface area contributed by atoms with Crippen molar-refractivity contribution in [1.82, 2.24) is 10.6 Å². The molecule has 0 aliphatic carbocycles. The van der Waals surface area contributed by atoms with Gasteiger partial charge in [0.1, 0.15) is 0 Å². The molecule has 1 aromatic carbocycles. The molecule has 0 bridgehead atoms. The normalized spacial score (nSPS) is 21.5. The molecule has 2 N–H and O–H groups in total. The van der Waals surface area contributed by atoms with Gasteiger partial charge in [0, 0.05) is 25.7 Å². The highest BCUT2D eigenvalue weighted by Crippen LogP contribution is 2.29. The SMILES string of the molecule is FC(F)(F)c1ccc(C[C@H]2CNCCN2)cc1. The molecule has 0 spiro atoms. The van der Waals surface area contributed by atoms with Crippen LogP contribution in [0, 0.1) is 0 Å². The molecule has 2 nitrogen and oxygen atoms in total. The van der Waals surface area contributed by atoms with Crippen molar-refractivity contribution in [3.63, 3.8) is 0 Å². The largest absolute Gasteiger partial charge is 0.416 e. The summed E-state index contributed by atoms with van der Waals surface area (Å²) in [7, 11) is 0. The monoisotopic (exact) mass is 244 g/mol. The van der Waals surface area contributed by atoms with Crippen LogP contribution in [-0.2, 0) is 12.6 Å². The van der Waals surface area contributed by atoms with E-state index in [1.807, 2.05) is 0 Å². The van der Waals surface area contributed by atoms with Crippen LogP contribution in [0.3, 0.4) is 0 Å². The number of rotatable bonds is 2. The van der Waals surface area contributed by atoms with E-state index in [1.54, 1.807) is 12.1 Å². The van der Waals surface area contributed by atoms with Crippen LogP contribution in [0.1, 0.15) is 11.1 Å². The topological polar surface area (TPSA) is 24.1 Å². The van der Waals surface area contributed by atoms with Gasteiger partial charge < -0.3 is 10.6 Å². The molecule has 1 aliphatic heterocycles. The first-order valence-electron chi connectivity index (χ1n) is 5.66. The van der Waals surface area contributed by atoms with E-state index in [4.69, 9.17) is 0 Å². The molecule has 0 amide bonds. The maximum absolute atomic E-state index is 12.4. The van der Waals surface area contributed by atoms with Gasteiger partial charge >= 0.3 is 6.18 Å². The second kappa shape index (κ2) is 5.06. The maximum Gasteiger partial charge on any atom is 0.416 e. The minimum Gasteiger partial charge on any atom is -0.314 e. The van der Waals surface area contributed by atoms with Gasteiger partial charge in [-0.1, -0.05) is 12.1 Å².